The van der Waals surface area contributed by atoms with Gasteiger partial charge in [-0.25, -0.2) is 0 Å². The first-order chi connectivity index (χ1) is 8.43. The van der Waals surface area contributed by atoms with E-state index in [0.29, 0.717) is 10.7 Å². The number of ether oxygens (including phenoxy) is 1. The lowest BCUT2D eigenvalue weighted by Crippen LogP contribution is -2.49. The van der Waals surface area contributed by atoms with Crippen molar-refractivity contribution in [3.63, 3.8) is 0 Å². The molecule has 1 aromatic rings. The van der Waals surface area contributed by atoms with Crippen molar-refractivity contribution in [1.82, 2.24) is 0 Å². The molecule has 1 saturated heterocycles. The SMILES string of the molecule is CC1(C)C2C[C@@H](c3ccoc3)O[C@@]2(C)CC[C@@H]1Br. The molecule has 0 aromatic carbocycles. The summed E-state index contributed by atoms with van der Waals surface area (Å²) in [6.07, 6.45) is 7.20. The van der Waals surface area contributed by atoms with Gasteiger partial charge in [-0.3, -0.25) is 0 Å². The Hall–Kier alpha value is -0.280. The number of alkyl halides is 1. The van der Waals surface area contributed by atoms with E-state index in [1.807, 2.05) is 12.3 Å². The van der Waals surface area contributed by atoms with Crippen LogP contribution in [-0.4, -0.2) is 10.4 Å². The van der Waals surface area contributed by atoms with Crippen LogP contribution in [0.25, 0.3) is 0 Å². The van der Waals surface area contributed by atoms with Crippen molar-refractivity contribution in [2.75, 3.05) is 0 Å². The third-order valence-corrected chi connectivity index (χ3v) is 6.75. The second-order valence-corrected chi connectivity index (χ2v) is 7.70. The van der Waals surface area contributed by atoms with E-state index >= 15 is 0 Å². The summed E-state index contributed by atoms with van der Waals surface area (Å²) >= 11 is 3.87. The first-order valence-electron chi connectivity index (χ1n) is 6.77. The minimum absolute atomic E-state index is 0.0235. The Kier molecular flexibility index (Phi) is 2.91. The van der Waals surface area contributed by atoms with Gasteiger partial charge in [0, 0.05) is 10.4 Å². The predicted molar refractivity (Wildman–Crippen MR) is 74.8 cm³/mol. The van der Waals surface area contributed by atoms with Gasteiger partial charge >= 0.3 is 0 Å². The van der Waals surface area contributed by atoms with Crippen LogP contribution in [0.2, 0.25) is 0 Å². The zero-order valence-electron chi connectivity index (χ0n) is 11.3. The topological polar surface area (TPSA) is 22.4 Å². The van der Waals surface area contributed by atoms with Gasteiger partial charge < -0.3 is 9.15 Å². The molecule has 2 nitrogen and oxygen atoms in total. The minimum Gasteiger partial charge on any atom is -0.472 e. The molecule has 2 aliphatic rings. The van der Waals surface area contributed by atoms with E-state index in [0.717, 1.165) is 12.8 Å². The first kappa shape index (κ1) is 12.7. The molecule has 4 atom stereocenters. The lowest BCUT2D eigenvalue weighted by atomic mass is 9.61. The van der Waals surface area contributed by atoms with Crippen molar-refractivity contribution >= 4 is 15.9 Å². The second kappa shape index (κ2) is 4.11. The molecule has 18 heavy (non-hydrogen) atoms. The van der Waals surface area contributed by atoms with Crippen LogP contribution in [0.1, 0.15) is 51.7 Å². The van der Waals surface area contributed by atoms with Gasteiger partial charge in [-0.15, -0.1) is 0 Å². The third kappa shape index (κ3) is 1.78. The highest BCUT2D eigenvalue weighted by Gasteiger charge is 2.56. The summed E-state index contributed by atoms with van der Waals surface area (Å²) in [5.74, 6) is 0.600. The molecule has 100 valence electrons. The van der Waals surface area contributed by atoms with Crippen molar-refractivity contribution in [3.05, 3.63) is 24.2 Å². The Bertz CT molecular complexity index is 426. The number of halogens is 1. The van der Waals surface area contributed by atoms with E-state index in [1.165, 1.54) is 12.0 Å². The Morgan fingerprint density at radius 1 is 1.33 bits per heavy atom. The Balaban J connectivity index is 1.90. The fourth-order valence-electron chi connectivity index (χ4n) is 3.91. The fourth-order valence-corrected chi connectivity index (χ4v) is 4.46. The molecule has 1 aliphatic carbocycles. The molecule has 0 bridgehead atoms. The van der Waals surface area contributed by atoms with Crippen LogP contribution in [0, 0.1) is 11.3 Å². The van der Waals surface area contributed by atoms with Crippen LogP contribution in [0.15, 0.2) is 23.0 Å². The largest absolute Gasteiger partial charge is 0.472 e. The normalized spacial score (nSPS) is 42.8. The third-order valence-electron chi connectivity index (χ3n) is 5.11. The van der Waals surface area contributed by atoms with Gasteiger partial charge in [-0.1, -0.05) is 29.8 Å². The zero-order valence-corrected chi connectivity index (χ0v) is 12.9. The van der Waals surface area contributed by atoms with Gasteiger partial charge in [0.2, 0.25) is 0 Å². The van der Waals surface area contributed by atoms with Crippen molar-refractivity contribution in [2.24, 2.45) is 11.3 Å². The van der Waals surface area contributed by atoms with Crippen LogP contribution in [0.3, 0.4) is 0 Å². The Labute approximate surface area is 117 Å². The van der Waals surface area contributed by atoms with Gasteiger partial charge in [-0.05, 0) is 43.6 Å². The molecule has 1 saturated carbocycles. The standard InChI is InChI=1S/C15H21BrO2/c1-14(2)12-8-11(10-5-7-17-9-10)18-15(12,3)6-4-13(14)16/h5,7,9,11-13H,4,6,8H2,1-3H3/t11-,12?,13-,15-/m0/s1. The molecule has 2 fully saturated rings. The van der Waals surface area contributed by atoms with E-state index in [4.69, 9.17) is 9.15 Å². The van der Waals surface area contributed by atoms with Crippen LogP contribution in [0.4, 0.5) is 0 Å². The highest BCUT2D eigenvalue weighted by molar-refractivity contribution is 9.09. The monoisotopic (exact) mass is 312 g/mol. The lowest BCUT2D eigenvalue weighted by molar-refractivity contribution is -0.0901. The zero-order chi connectivity index (χ0) is 13.0. The maximum atomic E-state index is 6.40. The summed E-state index contributed by atoms with van der Waals surface area (Å²) in [7, 11) is 0. The molecular weight excluding hydrogens is 292 g/mol. The summed E-state index contributed by atoms with van der Waals surface area (Å²) in [4.78, 5) is 0.592. The van der Waals surface area contributed by atoms with Crippen molar-refractivity contribution < 1.29 is 9.15 Å². The van der Waals surface area contributed by atoms with E-state index in [-0.39, 0.29) is 17.1 Å². The maximum absolute atomic E-state index is 6.40. The molecule has 3 rings (SSSR count). The number of hydrogen-bond acceptors (Lipinski definition) is 2. The molecule has 2 heterocycles. The van der Waals surface area contributed by atoms with E-state index in [9.17, 15) is 0 Å². The molecule has 0 spiro atoms. The average molecular weight is 313 g/mol. The van der Waals surface area contributed by atoms with Crippen LogP contribution in [-0.2, 0) is 4.74 Å². The van der Waals surface area contributed by atoms with E-state index in [1.54, 1.807) is 6.26 Å². The van der Waals surface area contributed by atoms with Crippen molar-refractivity contribution in [1.29, 1.82) is 0 Å². The summed E-state index contributed by atoms with van der Waals surface area (Å²) in [5, 5.41) is 0. The summed E-state index contributed by atoms with van der Waals surface area (Å²) in [5.41, 5.74) is 1.49. The van der Waals surface area contributed by atoms with E-state index in [2.05, 4.69) is 36.7 Å². The van der Waals surface area contributed by atoms with E-state index < -0.39 is 0 Å². The van der Waals surface area contributed by atoms with Crippen molar-refractivity contribution in [2.45, 2.75) is 56.6 Å². The molecular formula is C15H21BrO2. The van der Waals surface area contributed by atoms with Crippen LogP contribution >= 0.6 is 15.9 Å². The number of hydrogen-bond donors (Lipinski definition) is 0. The smallest absolute Gasteiger partial charge is 0.0960 e. The predicted octanol–water partition coefficient (Wildman–Crippen LogP) is 4.70. The fraction of sp³-hybridized carbons (Fsp3) is 0.733. The Morgan fingerprint density at radius 2 is 2.11 bits per heavy atom. The molecule has 1 aromatic heterocycles. The highest BCUT2D eigenvalue weighted by Crippen LogP contribution is 2.59. The second-order valence-electron chi connectivity index (χ2n) is 6.59. The van der Waals surface area contributed by atoms with Gasteiger partial charge in [-0.2, -0.15) is 0 Å². The first-order valence-corrected chi connectivity index (χ1v) is 7.69. The van der Waals surface area contributed by atoms with Crippen LogP contribution < -0.4 is 0 Å². The van der Waals surface area contributed by atoms with Gasteiger partial charge in [0.1, 0.15) is 0 Å². The molecule has 0 amide bonds. The number of furan rings is 1. The molecule has 0 radical (unpaired) electrons. The van der Waals surface area contributed by atoms with Crippen molar-refractivity contribution in [3.8, 4) is 0 Å². The lowest BCUT2D eigenvalue weighted by Gasteiger charge is -2.48. The average Bonchev–Trinajstić information content (AvgIpc) is 2.91. The maximum Gasteiger partial charge on any atom is 0.0960 e. The summed E-state index contributed by atoms with van der Waals surface area (Å²) in [6.45, 7) is 7.03. The number of rotatable bonds is 1. The molecule has 0 N–H and O–H groups in total. The number of fused-ring (bicyclic) bond motifs is 1. The van der Waals surface area contributed by atoms with Gasteiger partial charge in [0.05, 0.1) is 24.2 Å². The van der Waals surface area contributed by atoms with Gasteiger partial charge in [0.15, 0.2) is 0 Å². The van der Waals surface area contributed by atoms with Crippen LogP contribution in [0.5, 0.6) is 0 Å². The molecule has 1 unspecified atom stereocenters. The quantitative estimate of drug-likeness (QED) is 0.701. The summed E-state index contributed by atoms with van der Waals surface area (Å²) in [6, 6.07) is 2.03. The molecule has 3 heteroatoms. The summed E-state index contributed by atoms with van der Waals surface area (Å²) < 4.78 is 11.6. The minimum atomic E-state index is 0.0235. The molecule has 1 aliphatic heterocycles. The Morgan fingerprint density at radius 3 is 2.78 bits per heavy atom. The highest BCUT2D eigenvalue weighted by atomic mass is 79.9. The van der Waals surface area contributed by atoms with Gasteiger partial charge in [0.25, 0.3) is 0 Å².